The number of rotatable bonds is 5. The highest BCUT2D eigenvalue weighted by molar-refractivity contribution is 6.13. The van der Waals surface area contributed by atoms with E-state index in [1.807, 2.05) is 0 Å². The molecule has 0 saturated heterocycles. The molecule has 1 atom stereocenters. The third-order valence-electron chi connectivity index (χ3n) is 12.4. The molecule has 0 radical (unpaired) electrons. The zero-order valence-corrected chi connectivity index (χ0v) is 31.2. The Labute approximate surface area is 332 Å². The zero-order valence-electron chi connectivity index (χ0n) is 31.2. The quantitative estimate of drug-likeness (QED) is 0.172. The van der Waals surface area contributed by atoms with Crippen molar-refractivity contribution in [1.29, 1.82) is 0 Å². The topological polar surface area (TPSA) is 8.17 Å². The lowest BCUT2D eigenvalue weighted by Gasteiger charge is -2.42. The molecule has 1 aliphatic carbocycles. The average Bonchev–Trinajstić information content (AvgIpc) is 3.79. The van der Waals surface area contributed by atoms with Crippen LogP contribution in [-0.2, 0) is 5.41 Å². The molecule has 0 saturated carbocycles. The lowest BCUT2D eigenvalue weighted by molar-refractivity contribution is 0.748. The lowest BCUT2D eigenvalue weighted by Crippen LogP contribution is -2.34. The zero-order chi connectivity index (χ0) is 37.5. The highest BCUT2D eigenvalue weighted by atomic mass is 15.2. The molecule has 2 heteroatoms. The Morgan fingerprint density at radius 1 is 0.351 bits per heavy atom. The summed E-state index contributed by atoms with van der Waals surface area (Å²) in [6.07, 6.45) is 0. The molecular formula is C55H36N2. The summed E-state index contributed by atoms with van der Waals surface area (Å²) < 4.78 is 2.52. The van der Waals surface area contributed by atoms with Gasteiger partial charge in [0, 0.05) is 27.6 Å². The number of para-hydroxylation sites is 4. The van der Waals surface area contributed by atoms with Crippen molar-refractivity contribution >= 4 is 38.9 Å². The van der Waals surface area contributed by atoms with Gasteiger partial charge in [-0.15, -0.1) is 0 Å². The molecule has 0 fully saturated rings. The van der Waals surface area contributed by atoms with Crippen LogP contribution in [0.4, 0.5) is 17.1 Å². The van der Waals surface area contributed by atoms with Crippen molar-refractivity contribution in [2.75, 3.05) is 4.90 Å². The summed E-state index contributed by atoms with van der Waals surface area (Å²) in [5, 5.41) is 2.56. The molecule has 2 nitrogen and oxygen atoms in total. The second kappa shape index (κ2) is 12.3. The van der Waals surface area contributed by atoms with E-state index in [0.717, 1.165) is 17.1 Å². The molecule has 1 spiro atoms. The summed E-state index contributed by atoms with van der Waals surface area (Å²) in [6.45, 7) is 0. The van der Waals surface area contributed by atoms with Gasteiger partial charge in [-0.25, -0.2) is 0 Å². The second-order valence-electron chi connectivity index (χ2n) is 15.2. The van der Waals surface area contributed by atoms with Crippen LogP contribution >= 0.6 is 0 Å². The highest BCUT2D eigenvalue weighted by Gasteiger charge is 2.52. The van der Waals surface area contributed by atoms with Gasteiger partial charge in [0.15, 0.2) is 0 Å². The van der Waals surface area contributed by atoms with Crippen LogP contribution in [0.5, 0.6) is 0 Å². The van der Waals surface area contributed by atoms with Gasteiger partial charge < -0.3 is 9.47 Å². The van der Waals surface area contributed by atoms with Gasteiger partial charge in [0.05, 0.1) is 33.5 Å². The molecule has 266 valence electrons. The molecule has 57 heavy (non-hydrogen) atoms. The Morgan fingerprint density at radius 3 is 1.74 bits per heavy atom. The number of anilines is 3. The maximum atomic E-state index is 2.52. The Balaban J connectivity index is 1.22. The molecule has 0 N–H and O–H groups in total. The number of hydrogen-bond acceptors (Lipinski definition) is 1. The fourth-order valence-electron chi connectivity index (χ4n) is 10.2. The predicted octanol–water partition coefficient (Wildman–Crippen LogP) is 14.3. The van der Waals surface area contributed by atoms with E-state index in [1.165, 1.54) is 83.1 Å². The first-order valence-corrected chi connectivity index (χ1v) is 19.8. The van der Waals surface area contributed by atoms with Crippen molar-refractivity contribution in [3.8, 4) is 39.1 Å². The van der Waals surface area contributed by atoms with E-state index in [9.17, 15) is 0 Å². The van der Waals surface area contributed by atoms with Crippen molar-refractivity contribution in [2.24, 2.45) is 0 Å². The Kier molecular flexibility index (Phi) is 6.88. The molecule has 0 amide bonds. The van der Waals surface area contributed by atoms with Crippen LogP contribution < -0.4 is 4.90 Å². The van der Waals surface area contributed by atoms with Gasteiger partial charge in [0.2, 0.25) is 0 Å². The van der Waals surface area contributed by atoms with E-state index < -0.39 is 5.41 Å². The van der Waals surface area contributed by atoms with Gasteiger partial charge in [-0.3, -0.25) is 0 Å². The minimum atomic E-state index is -0.604. The van der Waals surface area contributed by atoms with Gasteiger partial charge in [0.25, 0.3) is 0 Å². The predicted molar refractivity (Wildman–Crippen MR) is 237 cm³/mol. The standard InChI is InChI=1S/C55H36N2/c1-3-17-37(18-4-1)38-33-35-40(36-34-38)56(49-29-12-8-21-41(49)39-19-5-2-6-20-39)52-32-16-24-44-42-22-7-10-26-46(42)55(53(44)52)47-27-11-14-31-51(47)57-50-30-13-9-23-43(50)45-25-15-28-48(55)54(45)57/h1-36H. The van der Waals surface area contributed by atoms with Gasteiger partial charge in [0.1, 0.15) is 0 Å². The fourth-order valence-corrected chi connectivity index (χ4v) is 10.2. The number of fused-ring (bicyclic) bond motifs is 12. The molecule has 9 aromatic carbocycles. The van der Waals surface area contributed by atoms with Gasteiger partial charge in [-0.1, -0.05) is 182 Å². The van der Waals surface area contributed by atoms with Crippen molar-refractivity contribution in [3.63, 3.8) is 0 Å². The average molecular weight is 725 g/mol. The third kappa shape index (κ3) is 4.41. The first-order chi connectivity index (χ1) is 28.3. The first-order valence-electron chi connectivity index (χ1n) is 19.8. The molecule has 0 bridgehead atoms. The summed E-state index contributed by atoms with van der Waals surface area (Å²) >= 11 is 0. The Bertz CT molecular complexity index is 3180. The minimum Gasteiger partial charge on any atom is -0.310 e. The Hall–Kier alpha value is -7.42. The van der Waals surface area contributed by atoms with Gasteiger partial charge >= 0.3 is 0 Å². The normalized spacial score (nSPS) is 14.7. The fraction of sp³-hybridized carbons (Fsp3) is 0.0182. The lowest BCUT2D eigenvalue weighted by atomic mass is 9.65. The molecule has 2 aliphatic rings. The van der Waals surface area contributed by atoms with Crippen molar-refractivity contribution in [1.82, 2.24) is 4.57 Å². The maximum absolute atomic E-state index is 2.52. The molecule has 12 rings (SSSR count). The molecule has 1 aliphatic heterocycles. The number of aromatic nitrogens is 1. The number of benzene rings is 9. The monoisotopic (exact) mass is 724 g/mol. The molecular weight excluding hydrogens is 689 g/mol. The third-order valence-corrected chi connectivity index (χ3v) is 12.4. The largest absolute Gasteiger partial charge is 0.310 e. The van der Waals surface area contributed by atoms with Crippen LogP contribution in [0.2, 0.25) is 0 Å². The minimum absolute atomic E-state index is 0.604. The smallest absolute Gasteiger partial charge is 0.0775 e. The highest BCUT2D eigenvalue weighted by Crippen LogP contribution is 2.64. The summed E-state index contributed by atoms with van der Waals surface area (Å²) in [5.74, 6) is 0. The number of hydrogen-bond donors (Lipinski definition) is 0. The molecule has 1 unspecified atom stereocenters. The van der Waals surface area contributed by atoms with Crippen LogP contribution in [0, 0.1) is 0 Å². The van der Waals surface area contributed by atoms with Gasteiger partial charge in [-0.05, 0) is 80.9 Å². The second-order valence-corrected chi connectivity index (χ2v) is 15.2. The van der Waals surface area contributed by atoms with E-state index in [2.05, 4.69) is 228 Å². The van der Waals surface area contributed by atoms with Crippen LogP contribution in [-0.4, -0.2) is 4.57 Å². The first kappa shape index (κ1) is 31.9. The molecule has 2 heterocycles. The van der Waals surface area contributed by atoms with Crippen LogP contribution in [0.3, 0.4) is 0 Å². The van der Waals surface area contributed by atoms with E-state index >= 15 is 0 Å². The Morgan fingerprint density at radius 2 is 0.912 bits per heavy atom. The van der Waals surface area contributed by atoms with E-state index in [-0.39, 0.29) is 0 Å². The number of nitrogens with zero attached hydrogens (tertiary/aromatic N) is 2. The molecule has 1 aromatic heterocycles. The van der Waals surface area contributed by atoms with Crippen LogP contribution in [0.1, 0.15) is 22.3 Å². The summed E-state index contributed by atoms with van der Waals surface area (Å²) in [4.78, 5) is 2.52. The van der Waals surface area contributed by atoms with Crippen molar-refractivity contribution < 1.29 is 0 Å². The summed E-state index contributed by atoms with van der Waals surface area (Å²) in [5.41, 5.74) is 19.1. The van der Waals surface area contributed by atoms with Crippen LogP contribution in [0.25, 0.3) is 60.9 Å². The van der Waals surface area contributed by atoms with E-state index in [0.29, 0.717) is 0 Å². The SMILES string of the molecule is c1ccc(-c2ccc(N(c3ccccc3-c3ccccc3)c3cccc4c3C3(c5ccccc5-4)c4ccccc4-n4c5ccccc5c5cccc3c54)cc2)cc1. The van der Waals surface area contributed by atoms with Gasteiger partial charge in [-0.2, -0.15) is 0 Å². The van der Waals surface area contributed by atoms with E-state index in [1.54, 1.807) is 0 Å². The molecule has 10 aromatic rings. The maximum Gasteiger partial charge on any atom is 0.0775 e. The summed E-state index contributed by atoms with van der Waals surface area (Å²) in [6, 6.07) is 80.6. The van der Waals surface area contributed by atoms with Crippen molar-refractivity contribution in [3.05, 3.63) is 241 Å². The van der Waals surface area contributed by atoms with Crippen LogP contribution in [0.15, 0.2) is 218 Å². The van der Waals surface area contributed by atoms with Crippen molar-refractivity contribution in [2.45, 2.75) is 5.41 Å². The summed E-state index contributed by atoms with van der Waals surface area (Å²) in [7, 11) is 0. The van der Waals surface area contributed by atoms with E-state index in [4.69, 9.17) is 0 Å².